The van der Waals surface area contributed by atoms with E-state index in [1.807, 2.05) is 0 Å². The Labute approximate surface area is 80.5 Å². The van der Waals surface area contributed by atoms with Crippen molar-refractivity contribution in [1.29, 1.82) is 0 Å². The first-order valence-corrected chi connectivity index (χ1v) is 4.42. The number of hydrogen-bond acceptors (Lipinski definition) is 1. The number of fused-ring (bicyclic) bond motifs is 1. The van der Waals surface area contributed by atoms with E-state index in [2.05, 4.69) is 14.2 Å². The number of aromatic nitrogens is 1. The van der Waals surface area contributed by atoms with Crippen LogP contribution in [-0.4, -0.2) is 11.3 Å². The highest BCUT2D eigenvalue weighted by Crippen LogP contribution is 2.20. The summed E-state index contributed by atoms with van der Waals surface area (Å²) >= 11 is 0. The lowest BCUT2D eigenvalue weighted by atomic mass is 10.2. The summed E-state index contributed by atoms with van der Waals surface area (Å²) in [6.07, 6.45) is 0.557. The standard InChI is InChI=1S/C9H6F2NOP/c10-6-2-7(11)9(14)8-5(6)1-4(3-13)12-8/h1-3,12H,14H2. The lowest BCUT2D eigenvalue weighted by Crippen LogP contribution is -2.01. The average Bonchev–Trinajstić information content (AvgIpc) is 2.58. The fourth-order valence-corrected chi connectivity index (χ4v) is 1.64. The molecule has 0 spiro atoms. The van der Waals surface area contributed by atoms with Crippen LogP contribution in [0.25, 0.3) is 10.9 Å². The summed E-state index contributed by atoms with van der Waals surface area (Å²) in [4.78, 5) is 13.1. The van der Waals surface area contributed by atoms with Gasteiger partial charge in [-0.2, -0.15) is 0 Å². The molecule has 0 saturated carbocycles. The Bertz CT molecular complexity index is 521. The number of H-pyrrole nitrogens is 1. The van der Waals surface area contributed by atoms with Gasteiger partial charge in [0.2, 0.25) is 0 Å². The minimum atomic E-state index is -0.673. The highest BCUT2D eigenvalue weighted by molar-refractivity contribution is 7.28. The highest BCUT2D eigenvalue weighted by Gasteiger charge is 2.11. The van der Waals surface area contributed by atoms with Gasteiger partial charge in [0.1, 0.15) is 11.6 Å². The van der Waals surface area contributed by atoms with E-state index in [1.54, 1.807) is 0 Å². The number of aldehydes is 1. The summed E-state index contributed by atoms with van der Waals surface area (Å²) in [7, 11) is 2.17. The summed E-state index contributed by atoms with van der Waals surface area (Å²) < 4.78 is 26.2. The zero-order valence-corrected chi connectivity index (χ0v) is 8.13. The van der Waals surface area contributed by atoms with Crippen LogP contribution in [0.4, 0.5) is 8.78 Å². The van der Waals surface area contributed by atoms with E-state index in [0.29, 0.717) is 11.8 Å². The van der Waals surface area contributed by atoms with E-state index < -0.39 is 11.6 Å². The largest absolute Gasteiger partial charge is 0.352 e. The van der Waals surface area contributed by atoms with Crippen molar-refractivity contribution in [2.45, 2.75) is 0 Å². The summed E-state index contributed by atoms with van der Waals surface area (Å²) in [6.45, 7) is 0. The van der Waals surface area contributed by atoms with Crippen LogP contribution in [0.15, 0.2) is 12.1 Å². The van der Waals surface area contributed by atoms with Gasteiger partial charge in [-0.05, 0) is 6.07 Å². The first-order valence-electron chi connectivity index (χ1n) is 3.85. The molecule has 14 heavy (non-hydrogen) atoms. The zero-order chi connectivity index (χ0) is 10.3. The second-order valence-electron chi connectivity index (χ2n) is 2.89. The van der Waals surface area contributed by atoms with Crippen molar-refractivity contribution in [1.82, 2.24) is 4.98 Å². The molecule has 1 N–H and O–H groups in total. The third-order valence-corrected chi connectivity index (χ3v) is 2.57. The number of aromatic amines is 1. The Kier molecular flexibility index (Phi) is 2.08. The van der Waals surface area contributed by atoms with Crippen LogP contribution in [0.3, 0.4) is 0 Å². The van der Waals surface area contributed by atoms with E-state index in [0.717, 1.165) is 6.07 Å². The number of halogens is 2. The Balaban J connectivity index is 2.90. The maximum absolute atomic E-state index is 13.2. The highest BCUT2D eigenvalue weighted by atomic mass is 31.0. The van der Waals surface area contributed by atoms with E-state index in [-0.39, 0.29) is 16.4 Å². The van der Waals surface area contributed by atoms with E-state index in [9.17, 15) is 13.6 Å². The van der Waals surface area contributed by atoms with Crippen molar-refractivity contribution in [3.63, 3.8) is 0 Å². The van der Waals surface area contributed by atoms with Crippen molar-refractivity contribution in [3.8, 4) is 0 Å². The summed E-state index contributed by atoms with van der Waals surface area (Å²) in [5.41, 5.74) is 0.530. The van der Waals surface area contributed by atoms with E-state index in [4.69, 9.17) is 0 Å². The summed E-state index contributed by atoms with van der Waals surface area (Å²) in [5.74, 6) is -1.33. The molecule has 0 bridgehead atoms. The van der Waals surface area contributed by atoms with Gasteiger partial charge in [0.25, 0.3) is 0 Å². The monoisotopic (exact) mass is 213 g/mol. The molecule has 2 nitrogen and oxygen atoms in total. The van der Waals surface area contributed by atoms with Crippen LogP contribution in [0.1, 0.15) is 10.5 Å². The van der Waals surface area contributed by atoms with Gasteiger partial charge in [-0.3, -0.25) is 4.79 Å². The van der Waals surface area contributed by atoms with Crippen molar-refractivity contribution >= 4 is 31.7 Å². The molecule has 0 aliphatic carbocycles. The Morgan fingerprint density at radius 3 is 2.64 bits per heavy atom. The molecule has 1 aromatic heterocycles. The quantitative estimate of drug-likeness (QED) is 0.568. The van der Waals surface area contributed by atoms with Gasteiger partial charge in [0, 0.05) is 16.8 Å². The maximum Gasteiger partial charge on any atom is 0.166 e. The lowest BCUT2D eigenvalue weighted by Gasteiger charge is -1.98. The minimum absolute atomic E-state index is 0.221. The molecule has 1 atom stereocenters. The van der Waals surface area contributed by atoms with Crippen LogP contribution in [-0.2, 0) is 0 Å². The molecule has 1 unspecified atom stereocenters. The second kappa shape index (κ2) is 3.14. The van der Waals surface area contributed by atoms with Crippen LogP contribution in [0.5, 0.6) is 0 Å². The molecule has 0 radical (unpaired) electrons. The second-order valence-corrected chi connectivity index (χ2v) is 3.46. The lowest BCUT2D eigenvalue weighted by molar-refractivity contribution is 0.112. The topological polar surface area (TPSA) is 32.9 Å². The van der Waals surface area contributed by atoms with Gasteiger partial charge in [0.05, 0.1) is 11.2 Å². The molecule has 0 aliphatic rings. The van der Waals surface area contributed by atoms with Gasteiger partial charge in [-0.25, -0.2) is 8.78 Å². The average molecular weight is 213 g/mol. The Morgan fingerprint density at radius 2 is 2.00 bits per heavy atom. The first-order chi connectivity index (χ1) is 6.63. The summed E-state index contributed by atoms with van der Waals surface area (Å²) in [5, 5.41) is 0.452. The van der Waals surface area contributed by atoms with Crippen molar-refractivity contribution in [2.75, 3.05) is 0 Å². The normalized spacial score (nSPS) is 10.8. The Morgan fingerprint density at radius 1 is 1.29 bits per heavy atom. The van der Waals surface area contributed by atoms with Gasteiger partial charge in [0.15, 0.2) is 6.29 Å². The smallest absolute Gasteiger partial charge is 0.166 e. The van der Waals surface area contributed by atoms with Gasteiger partial charge >= 0.3 is 0 Å². The molecule has 0 amide bonds. The summed E-state index contributed by atoms with van der Waals surface area (Å²) in [6, 6.07) is 2.15. The molecule has 1 aromatic carbocycles. The van der Waals surface area contributed by atoms with Crippen LogP contribution >= 0.6 is 9.24 Å². The van der Waals surface area contributed by atoms with Crippen LogP contribution in [0, 0.1) is 11.6 Å². The fraction of sp³-hybridized carbons (Fsp3) is 0. The van der Waals surface area contributed by atoms with Gasteiger partial charge in [-0.1, -0.05) is 0 Å². The predicted molar refractivity (Wildman–Crippen MR) is 52.9 cm³/mol. The molecule has 0 fully saturated rings. The molecule has 2 aromatic rings. The van der Waals surface area contributed by atoms with Crippen molar-refractivity contribution in [2.24, 2.45) is 0 Å². The molecule has 72 valence electrons. The zero-order valence-electron chi connectivity index (χ0n) is 6.97. The third kappa shape index (κ3) is 1.23. The number of nitrogens with one attached hydrogen (secondary N) is 1. The number of rotatable bonds is 1. The predicted octanol–water partition coefficient (Wildman–Crippen LogP) is 1.76. The molecular formula is C9H6F2NOP. The molecule has 0 saturated heterocycles. The third-order valence-electron chi connectivity index (χ3n) is 2.00. The van der Waals surface area contributed by atoms with Crippen molar-refractivity contribution < 1.29 is 13.6 Å². The molecule has 5 heteroatoms. The maximum atomic E-state index is 13.2. The van der Waals surface area contributed by atoms with E-state index in [1.165, 1.54) is 6.07 Å². The van der Waals surface area contributed by atoms with Crippen molar-refractivity contribution in [3.05, 3.63) is 29.5 Å². The van der Waals surface area contributed by atoms with Gasteiger partial charge < -0.3 is 4.98 Å². The van der Waals surface area contributed by atoms with Gasteiger partial charge in [-0.15, -0.1) is 9.24 Å². The molecule has 2 rings (SSSR count). The molecule has 1 heterocycles. The van der Waals surface area contributed by atoms with Crippen LogP contribution in [0.2, 0.25) is 0 Å². The number of carbonyl (C=O) groups is 1. The fourth-order valence-electron chi connectivity index (χ4n) is 1.33. The Hall–Kier alpha value is -1.28. The minimum Gasteiger partial charge on any atom is -0.352 e. The number of carbonyl (C=O) groups excluding carboxylic acids is 1. The van der Waals surface area contributed by atoms with Crippen LogP contribution < -0.4 is 5.30 Å². The first kappa shape index (κ1) is 9.28. The SMILES string of the molecule is O=Cc1cc2c(F)cc(F)c(P)c2[nH]1. The molecular weight excluding hydrogens is 207 g/mol. The molecule has 0 aliphatic heterocycles. The number of hydrogen-bond donors (Lipinski definition) is 1. The number of benzene rings is 1. The van der Waals surface area contributed by atoms with E-state index >= 15 is 0 Å².